The first-order valence-corrected chi connectivity index (χ1v) is 8.83. The van der Waals surface area contributed by atoms with Gasteiger partial charge in [-0.05, 0) is 5.56 Å². The van der Waals surface area contributed by atoms with Crippen LogP contribution in [0.1, 0.15) is 17.5 Å². The van der Waals surface area contributed by atoms with Crippen molar-refractivity contribution in [2.75, 3.05) is 13.7 Å². The molecule has 1 atom stereocenters. The molecule has 138 valence electrons. The van der Waals surface area contributed by atoms with Gasteiger partial charge in [-0.25, -0.2) is 24.6 Å². The summed E-state index contributed by atoms with van der Waals surface area (Å²) in [4.78, 5) is 25.3. The Morgan fingerprint density at radius 1 is 1.11 bits per heavy atom. The Morgan fingerprint density at radius 3 is 2.44 bits per heavy atom. The van der Waals surface area contributed by atoms with Crippen molar-refractivity contribution in [3.05, 3.63) is 71.8 Å². The van der Waals surface area contributed by atoms with E-state index in [0.717, 1.165) is 11.1 Å². The molecule has 7 nitrogen and oxygen atoms in total. The van der Waals surface area contributed by atoms with Gasteiger partial charge in [-0.3, -0.25) is 0 Å². The van der Waals surface area contributed by atoms with Crippen LogP contribution in [-0.2, 0) is 16.1 Å². The smallest absolute Gasteiger partial charge is 0.359 e. The largest absolute Gasteiger partial charge is 0.467 e. The first kappa shape index (κ1) is 17.1. The normalized spacial score (nSPS) is 19.0. The highest BCUT2D eigenvalue weighted by Crippen LogP contribution is 2.28. The van der Waals surface area contributed by atoms with Crippen molar-refractivity contribution in [2.45, 2.75) is 19.0 Å². The molecule has 2 aromatic carbocycles. The zero-order valence-corrected chi connectivity index (χ0v) is 15.0. The number of carbonyl (C=O) groups is 2. The van der Waals surface area contributed by atoms with Crippen LogP contribution >= 0.6 is 0 Å². The molecule has 0 aliphatic carbocycles. The second-order valence-electron chi connectivity index (χ2n) is 6.41. The number of amidine groups is 1. The predicted molar refractivity (Wildman–Crippen MR) is 99.3 cm³/mol. The Kier molecular flexibility index (Phi) is 4.50. The van der Waals surface area contributed by atoms with Gasteiger partial charge in [-0.2, -0.15) is 0 Å². The van der Waals surface area contributed by atoms with Crippen molar-refractivity contribution >= 4 is 17.8 Å². The van der Waals surface area contributed by atoms with Gasteiger partial charge < -0.3 is 4.74 Å². The minimum Gasteiger partial charge on any atom is -0.467 e. The van der Waals surface area contributed by atoms with Crippen LogP contribution in [0.15, 0.2) is 65.8 Å². The van der Waals surface area contributed by atoms with E-state index >= 15 is 0 Å². The van der Waals surface area contributed by atoms with E-state index in [2.05, 4.69) is 5.10 Å². The molecular weight excluding hydrogens is 344 g/mol. The lowest BCUT2D eigenvalue weighted by molar-refractivity contribution is -0.146. The Bertz CT molecular complexity index is 869. The minimum atomic E-state index is -0.559. The van der Waals surface area contributed by atoms with Gasteiger partial charge in [-0.1, -0.05) is 60.7 Å². The summed E-state index contributed by atoms with van der Waals surface area (Å²) in [6, 6.07) is 18.5. The number of hydrogen-bond donors (Lipinski definition) is 0. The number of esters is 1. The summed E-state index contributed by atoms with van der Waals surface area (Å²) >= 11 is 0. The maximum Gasteiger partial charge on any atom is 0.359 e. The molecule has 0 aromatic heterocycles. The highest BCUT2D eigenvalue weighted by molar-refractivity contribution is 6.03. The summed E-state index contributed by atoms with van der Waals surface area (Å²) in [6.45, 7) is 0.805. The minimum absolute atomic E-state index is 0.245. The van der Waals surface area contributed by atoms with Crippen molar-refractivity contribution in [3.8, 4) is 0 Å². The molecule has 2 aliphatic heterocycles. The first-order valence-electron chi connectivity index (χ1n) is 8.83. The number of ether oxygens (including phenoxy) is 1. The Morgan fingerprint density at radius 2 is 1.78 bits per heavy atom. The zero-order valence-electron chi connectivity index (χ0n) is 15.0. The van der Waals surface area contributed by atoms with E-state index in [1.807, 2.05) is 60.7 Å². The molecule has 4 rings (SSSR count). The summed E-state index contributed by atoms with van der Waals surface area (Å²) in [6.07, 6.45) is 0.503. The topological polar surface area (TPSA) is 65.5 Å². The molecule has 2 aromatic rings. The molecular formula is C20H20N4O3. The molecule has 2 heterocycles. The lowest BCUT2D eigenvalue weighted by atomic mass is 10.1. The van der Waals surface area contributed by atoms with Crippen LogP contribution in [0.2, 0.25) is 0 Å². The van der Waals surface area contributed by atoms with Crippen LogP contribution < -0.4 is 0 Å². The van der Waals surface area contributed by atoms with E-state index in [0.29, 0.717) is 25.3 Å². The van der Waals surface area contributed by atoms with Crippen molar-refractivity contribution in [1.82, 2.24) is 15.0 Å². The van der Waals surface area contributed by atoms with E-state index in [1.165, 1.54) is 12.1 Å². The van der Waals surface area contributed by atoms with Gasteiger partial charge in [0.1, 0.15) is 0 Å². The van der Waals surface area contributed by atoms with Crippen molar-refractivity contribution < 1.29 is 14.3 Å². The number of hydrazine groups is 1. The van der Waals surface area contributed by atoms with Gasteiger partial charge in [0.25, 0.3) is 0 Å². The standard InChI is InChI=1S/C20H20N4O3/c1-27-19(25)17-12-13-23-20(26)22(14-15-8-4-2-5-9-15)21-18(24(17)23)16-10-6-3-7-11-16/h2-11,17H,12-14H2,1H3. The summed E-state index contributed by atoms with van der Waals surface area (Å²) in [7, 11) is 1.36. The monoisotopic (exact) mass is 364 g/mol. The summed E-state index contributed by atoms with van der Waals surface area (Å²) in [5.74, 6) is 0.199. The zero-order chi connectivity index (χ0) is 18.8. The van der Waals surface area contributed by atoms with Crippen LogP contribution in [0.25, 0.3) is 0 Å². The van der Waals surface area contributed by atoms with Crippen LogP contribution in [0.3, 0.4) is 0 Å². The van der Waals surface area contributed by atoms with Gasteiger partial charge >= 0.3 is 12.0 Å². The third-order valence-electron chi connectivity index (χ3n) is 4.72. The number of hydrazone groups is 1. The van der Waals surface area contributed by atoms with Crippen LogP contribution in [0.5, 0.6) is 0 Å². The number of fused-ring (bicyclic) bond motifs is 1. The van der Waals surface area contributed by atoms with E-state index in [9.17, 15) is 9.59 Å². The molecule has 1 fully saturated rings. The van der Waals surface area contributed by atoms with Gasteiger partial charge in [0.15, 0.2) is 11.9 Å². The highest BCUT2D eigenvalue weighted by Gasteiger charge is 2.46. The van der Waals surface area contributed by atoms with E-state index in [1.54, 1.807) is 10.0 Å². The quantitative estimate of drug-likeness (QED) is 0.782. The molecule has 0 spiro atoms. The molecule has 0 radical (unpaired) electrons. The Labute approximate surface area is 157 Å². The average molecular weight is 364 g/mol. The number of hydrogen-bond acceptors (Lipinski definition) is 5. The molecule has 0 N–H and O–H groups in total. The fraction of sp³-hybridized carbons (Fsp3) is 0.250. The average Bonchev–Trinajstić information content (AvgIpc) is 3.16. The fourth-order valence-electron chi connectivity index (χ4n) is 3.42. The molecule has 0 saturated carbocycles. The highest BCUT2D eigenvalue weighted by atomic mass is 16.5. The number of benzene rings is 2. The second-order valence-corrected chi connectivity index (χ2v) is 6.41. The van der Waals surface area contributed by atoms with Crippen molar-refractivity contribution in [1.29, 1.82) is 0 Å². The molecule has 1 saturated heterocycles. The Balaban J connectivity index is 1.75. The lowest BCUT2D eigenvalue weighted by Gasteiger charge is -2.39. The molecule has 2 amide bonds. The number of urea groups is 1. The van der Waals surface area contributed by atoms with Gasteiger partial charge in [0.05, 0.1) is 13.7 Å². The number of carbonyl (C=O) groups excluding carboxylic acids is 2. The van der Waals surface area contributed by atoms with Crippen LogP contribution in [0, 0.1) is 0 Å². The summed E-state index contributed by atoms with van der Waals surface area (Å²) in [5.41, 5.74) is 1.82. The molecule has 7 heteroatoms. The SMILES string of the molecule is COC(=O)C1CCN2C(=O)N(Cc3ccccc3)N=C(c3ccccc3)N12. The predicted octanol–water partition coefficient (Wildman–Crippen LogP) is 2.45. The molecule has 0 bridgehead atoms. The molecule has 1 unspecified atom stereocenters. The Hall–Kier alpha value is -3.35. The molecule has 2 aliphatic rings. The third-order valence-corrected chi connectivity index (χ3v) is 4.72. The fourth-order valence-corrected chi connectivity index (χ4v) is 3.42. The van der Waals surface area contributed by atoms with Crippen molar-refractivity contribution in [2.24, 2.45) is 5.10 Å². The van der Waals surface area contributed by atoms with Crippen LogP contribution in [-0.4, -0.2) is 52.6 Å². The summed E-state index contributed by atoms with van der Waals surface area (Å²) < 4.78 is 4.94. The second kappa shape index (κ2) is 7.11. The number of rotatable bonds is 4. The van der Waals surface area contributed by atoms with Gasteiger partial charge in [0.2, 0.25) is 0 Å². The van der Waals surface area contributed by atoms with E-state index < -0.39 is 6.04 Å². The number of methoxy groups -OCH3 is 1. The van der Waals surface area contributed by atoms with Gasteiger partial charge in [0, 0.05) is 18.5 Å². The van der Waals surface area contributed by atoms with E-state index in [-0.39, 0.29) is 12.0 Å². The first-order chi connectivity index (χ1) is 13.2. The summed E-state index contributed by atoms with van der Waals surface area (Å²) in [5, 5.41) is 9.32. The van der Waals surface area contributed by atoms with Gasteiger partial charge in [-0.15, -0.1) is 5.10 Å². The number of amides is 2. The van der Waals surface area contributed by atoms with Crippen LogP contribution in [0.4, 0.5) is 4.79 Å². The third kappa shape index (κ3) is 3.12. The molecule has 27 heavy (non-hydrogen) atoms. The number of nitrogens with zero attached hydrogens (tertiary/aromatic N) is 4. The maximum absolute atomic E-state index is 13.0. The van der Waals surface area contributed by atoms with Crippen molar-refractivity contribution in [3.63, 3.8) is 0 Å². The van der Waals surface area contributed by atoms with E-state index in [4.69, 9.17) is 4.74 Å². The maximum atomic E-state index is 13.0. The lowest BCUT2D eigenvalue weighted by Crippen LogP contribution is -2.57.